The maximum Gasteiger partial charge on any atom is 0.301 e. The van der Waals surface area contributed by atoms with E-state index in [9.17, 15) is 8.42 Å². The van der Waals surface area contributed by atoms with Gasteiger partial charge in [0.15, 0.2) is 0 Å². The van der Waals surface area contributed by atoms with Crippen LogP contribution in [0.5, 0.6) is 0 Å². The van der Waals surface area contributed by atoms with Gasteiger partial charge in [0.05, 0.1) is 6.61 Å². The molecular formula is C11H16N2O3S. The van der Waals surface area contributed by atoms with Gasteiger partial charge in [0, 0.05) is 13.1 Å². The number of nitrogens with one attached hydrogen (secondary N) is 1. The van der Waals surface area contributed by atoms with Crippen LogP contribution in [0.2, 0.25) is 0 Å². The fraction of sp³-hybridized carbons (Fsp3) is 0.455. The minimum absolute atomic E-state index is 0.230. The maximum absolute atomic E-state index is 11.7. The topological polar surface area (TPSA) is 58.6 Å². The molecule has 0 unspecified atom stereocenters. The minimum Gasteiger partial charge on any atom is -0.281 e. The highest BCUT2D eigenvalue weighted by molar-refractivity contribution is 7.87. The Balaban J connectivity index is 1.82. The molecule has 5 nitrogen and oxygen atoms in total. The van der Waals surface area contributed by atoms with Crippen molar-refractivity contribution in [2.24, 2.45) is 0 Å². The summed E-state index contributed by atoms with van der Waals surface area (Å²) in [6.07, 6.45) is 1.83. The van der Waals surface area contributed by atoms with E-state index in [1.807, 2.05) is 30.3 Å². The molecule has 1 N–H and O–H groups in total. The van der Waals surface area contributed by atoms with Gasteiger partial charge in [-0.25, -0.2) is 0 Å². The highest BCUT2D eigenvalue weighted by Crippen LogP contribution is 2.11. The van der Waals surface area contributed by atoms with E-state index in [2.05, 4.69) is 4.89 Å². The van der Waals surface area contributed by atoms with Gasteiger partial charge in [-0.15, -0.1) is 0 Å². The van der Waals surface area contributed by atoms with Gasteiger partial charge in [0.1, 0.15) is 0 Å². The summed E-state index contributed by atoms with van der Waals surface area (Å²) >= 11 is 0. The quantitative estimate of drug-likeness (QED) is 0.801. The molecule has 6 heteroatoms. The lowest BCUT2D eigenvalue weighted by Gasteiger charge is -2.15. The molecule has 0 bridgehead atoms. The fourth-order valence-electron chi connectivity index (χ4n) is 1.74. The van der Waals surface area contributed by atoms with Crippen LogP contribution in [0, 0.1) is 0 Å². The van der Waals surface area contributed by atoms with Crippen molar-refractivity contribution >= 4 is 10.2 Å². The molecule has 0 aromatic heterocycles. The van der Waals surface area contributed by atoms with Gasteiger partial charge in [-0.2, -0.15) is 12.7 Å². The first-order valence-electron chi connectivity index (χ1n) is 5.61. The monoisotopic (exact) mass is 256 g/mol. The van der Waals surface area contributed by atoms with E-state index in [1.54, 1.807) is 0 Å². The van der Waals surface area contributed by atoms with E-state index in [-0.39, 0.29) is 6.61 Å². The third-order valence-corrected chi connectivity index (χ3v) is 4.02. The van der Waals surface area contributed by atoms with E-state index < -0.39 is 10.2 Å². The summed E-state index contributed by atoms with van der Waals surface area (Å²) in [6, 6.07) is 9.42. The predicted octanol–water partition coefficient (Wildman–Crippen LogP) is 1.05. The zero-order valence-electron chi connectivity index (χ0n) is 9.50. The van der Waals surface area contributed by atoms with Crippen molar-refractivity contribution < 1.29 is 13.3 Å². The molecule has 17 heavy (non-hydrogen) atoms. The molecule has 1 saturated heterocycles. The Morgan fingerprint density at radius 3 is 2.47 bits per heavy atom. The molecule has 94 valence electrons. The molecule has 1 aliphatic heterocycles. The van der Waals surface area contributed by atoms with Gasteiger partial charge in [-0.1, -0.05) is 35.2 Å². The number of rotatable bonds is 5. The maximum atomic E-state index is 11.7. The molecule has 0 spiro atoms. The summed E-state index contributed by atoms with van der Waals surface area (Å²) in [4.78, 5) is 7.16. The molecular weight excluding hydrogens is 240 g/mol. The normalized spacial score (nSPS) is 17.4. The summed E-state index contributed by atoms with van der Waals surface area (Å²) in [5, 5.41) is 0. The second kappa shape index (κ2) is 5.59. The lowest BCUT2D eigenvalue weighted by molar-refractivity contribution is 0.0753. The minimum atomic E-state index is -3.47. The molecule has 1 heterocycles. The molecule has 0 radical (unpaired) electrons. The second-order valence-corrected chi connectivity index (χ2v) is 5.60. The summed E-state index contributed by atoms with van der Waals surface area (Å²) in [5.74, 6) is 0. The van der Waals surface area contributed by atoms with Crippen LogP contribution in [0.15, 0.2) is 30.3 Å². The lowest BCUT2D eigenvalue weighted by Crippen LogP contribution is -2.38. The first-order valence-corrected chi connectivity index (χ1v) is 7.05. The van der Waals surface area contributed by atoms with Crippen LogP contribution in [0.25, 0.3) is 0 Å². The van der Waals surface area contributed by atoms with Crippen molar-refractivity contribution in [3.05, 3.63) is 35.9 Å². The van der Waals surface area contributed by atoms with E-state index in [1.165, 1.54) is 4.31 Å². The molecule has 0 aliphatic carbocycles. The number of hydrogen-bond donors (Lipinski definition) is 1. The van der Waals surface area contributed by atoms with Crippen LogP contribution in [0.4, 0.5) is 0 Å². The molecule has 0 saturated carbocycles. The SMILES string of the molecule is O=S(=O)(NOCc1ccccc1)N1CCCC1. The van der Waals surface area contributed by atoms with Crippen LogP contribution in [0.3, 0.4) is 0 Å². The average molecular weight is 256 g/mol. The van der Waals surface area contributed by atoms with E-state index in [0.717, 1.165) is 18.4 Å². The van der Waals surface area contributed by atoms with E-state index in [0.29, 0.717) is 13.1 Å². The van der Waals surface area contributed by atoms with Crippen molar-refractivity contribution in [1.29, 1.82) is 0 Å². The lowest BCUT2D eigenvalue weighted by atomic mass is 10.2. The van der Waals surface area contributed by atoms with Gasteiger partial charge >= 0.3 is 10.2 Å². The molecule has 1 aromatic rings. The summed E-state index contributed by atoms with van der Waals surface area (Å²) in [6.45, 7) is 1.38. The van der Waals surface area contributed by atoms with Crippen molar-refractivity contribution in [3.63, 3.8) is 0 Å². The van der Waals surface area contributed by atoms with Crippen LogP contribution in [0.1, 0.15) is 18.4 Å². The molecule has 0 atom stereocenters. The van der Waals surface area contributed by atoms with E-state index >= 15 is 0 Å². The summed E-state index contributed by atoms with van der Waals surface area (Å²) < 4.78 is 24.8. The smallest absolute Gasteiger partial charge is 0.281 e. The molecule has 1 aliphatic rings. The predicted molar refractivity (Wildman–Crippen MR) is 64.1 cm³/mol. The number of hydrogen-bond acceptors (Lipinski definition) is 3. The Kier molecular flexibility index (Phi) is 4.11. The van der Waals surface area contributed by atoms with Crippen molar-refractivity contribution in [2.45, 2.75) is 19.4 Å². The van der Waals surface area contributed by atoms with Crippen LogP contribution < -0.4 is 4.89 Å². The van der Waals surface area contributed by atoms with Crippen molar-refractivity contribution in [1.82, 2.24) is 9.19 Å². The largest absolute Gasteiger partial charge is 0.301 e. The highest BCUT2D eigenvalue weighted by atomic mass is 32.2. The van der Waals surface area contributed by atoms with Crippen molar-refractivity contribution in [2.75, 3.05) is 13.1 Å². The fourth-order valence-corrected chi connectivity index (χ4v) is 2.79. The van der Waals surface area contributed by atoms with Crippen LogP contribution >= 0.6 is 0 Å². The third-order valence-electron chi connectivity index (χ3n) is 2.65. The Morgan fingerprint density at radius 2 is 1.82 bits per heavy atom. The second-order valence-electron chi connectivity index (χ2n) is 3.97. The van der Waals surface area contributed by atoms with Gasteiger partial charge < -0.3 is 0 Å². The Labute approximate surface area is 102 Å². The third kappa shape index (κ3) is 3.50. The van der Waals surface area contributed by atoms with Crippen LogP contribution in [-0.4, -0.2) is 25.8 Å². The Hall–Kier alpha value is -0.950. The average Bonchev–Trinajstić information content (AvgIpc) is 2.84. The number of benzene rings is 1. The highest BCUT2D eigenvalue weighted by Gasteiger charge is 2.25. The van der Waals surface area contributed by atoms with Gasteiger partial charge in [0.25, 0.3) is 0 Å². The molecule has 2 rings (SSSR count). The van der Waals surface area contributed by atoms with Gasteiger partial charge in [-0.05, 0) is 18.4 Å². The first kappa shape index (κ1) is 12.5. The Morgan fingerprint density at radius 1 is 1.18 bits per heavy atom. The summed E-state index contributed by atoms with van der Waals surface area (Å²) in [5.41, 5.74) is 0.927. The summed E-state index contributed by atoms with van der Waals surface area (Å²) in [7, 11) is -3.47. The Bertz CT molecular complexity index is 441. The zero-order valence-corrected chi connectivity index (χ0v) is 10.3. The van der Waals surface area contributed by atoms with Crippen LogP contribution in [-0.2, 0) is 21.7 Å². The zero-order chi connectivity index (χ0) is 12.1. The van der Waals surface area contributed by atoms with Gasteiger partial charge in [0.2, 0.25) is 0 Å². The van der Waals surface area contributed by atoms with E-state index in [4.69, 9.17) is 4.84 Å². The molecule has 1 fully saturated rings. The van der Waals surface area contributed by atoms with Crippen molar-refractivity contribution in [3.8, 4) is 0 Å². The number of nitrogens with zero attached hydrogens (tertiary/aromatic N) is 1. The standard InChI is InChI=1S/C11H16N2O3S/c14-17(15,13-8-4-5-9-13)12-16-10-11-6-2-1-3-7-11/h1-3,6-7,12H,4-5,8-10H2. The van der Waals surface area contributed by atoms with Gasteiger partial charge in [-0.3, -0.25) is 4.84 Å². The molecule has 0 amide bonds. The molecule has 1 aromatic carbocycles. The first-order chi connectivity index (χ1) is 8.18.